The van der Waals surface area contributed by atoms with Crippen molar-refractivity contribution in [3.8, 4) is 0 Å². The van der Waals surface area contributed by atoms with E-state index in [-0.39, 0.29) is 5.82 Å². The van der Waals surface area contributed by atoms with Gasteiger partial charge in [-0.2, -0.15) is 0 Å². The third kappa shape index (κ3) is 4.04. The van der Waals surface area contributed by atoms with Gasteiger partial charge in [0.1, 0.15) is 5.82 Å². The molecule has 1 N–H and O–H groups in total. The number of halogens is 1. The van der Waals surface area contributed by atoms with Gasteiger partial charge in [0.15, 0.2) is 0 Å². The first-order valence-corrected chi connectivity index (χ1v) is 7.56. The number of benzene rings is 1. The van der Waals surface area contributed by atoms with Crippen molar-refractivity contribution in [1.82, 2.24) is 5.32 Å². The van der Waals surface area contributed by atoms with Gasteiger partial charge >= 0.3 is 0 Å². The Morgan fingerprint density at radius 3 is 2.63 bits per heavy atom. The zero-order valence-electron chi connectivity index (χ0n) is 12.4. The quantitative estimate of drug-likeness (QED) is 0.848. The van der Waals surface area contributed by atoms with Gasteiger partial charge in [0.2, 0.25) is 0 Å². The van der Waals surface area contributed by atoms with Crippen LogP contribution in [0, 0.1) is 18.7 Å². The fourth-order valence-corrected chi connectivity index (χ4v) is 3.26. The highest BCUT2D eigenvalue weighted by atomic mass is 19.1. The average molecular weight is 263 g/mol. The van der Waals surface area contributed by atoms with E-state index in [9.17, 15) is 4.39 Å². The summed E-state index contributed by atoms with van der Waals surface area (Å²) in [6.45, 7) is 7.41. The summed E-state index contributed by atoms with van der Waals surface area (Å²) < 4.78 is 13.6. The Morgan fingerprint density at radius 2 is 1.95 bits per heavy atom. The normalized spacial score (nSPS) is 23.8. The standard InChI is InChI=1S/C17H26FN/c1-12(2)19-11-14-6-4-5-7-17(14)15-8-13(3)9-16(18)10-15/h8-10,12,14,17,19H,4-7,11H2,1-3H3. The molecule has 2 rings (SSSR count). The second kappa shape index (κ2) is 6.51. The maximum absolute atomic E-state index is 13.6. The van der Waals surface area contributed by atoms with E-state index in [4.69, 9.17) is 0 Å². The number of rotatable bonds is 4. The van der Waals surface area contributed by atoms with Crippen molar-refractivity contribution in [2.75, 3.05) is 6.54 Å². The first-order valence-electron chi connectivity index (χ1n) is 7.56. The Morgan fingerprint density at radius 1 is 1.21 bits per heavy atom. The topological polar surface area (TPSA) is 12.0 Å². The van der Waals surface area contributed by atoms with Crippen LogP contribution < -0.4 is 5.32 Å². The average Bonchev–Trinajstić information content (AvgIpc) is 2.35. The van der Waals surface area contributed by atoms with Crippen molar-refractivity contribution in [3.05, 3.63) is 35.1 Å². The van der Waals surface area contributed by atoms with Crippen LogP contribution in [0.25, 0.3) is 0 Å². The summed E-state index contributed by atoms with van der Waals surface area (Å²) in [5, 5.41) is 3.55. The summed E-state index contributed by atoms with van der Waals surface area (Å²) in [7, 11) is 0. The minimum Gasteiger partial charge on any atom is -0.314 e. The molecule has 1 aromatic carbocycles. The van der Waals surface area contributed by atoms with Gasteiger partial charge in [-0.15, -0.1) is 0 Å². The molecule has 1 aromatic rings. The molecule has 0 bridgehead atoms. The minimum atomic E-state index is -0.0869. The summed E-state index contributed by atoms with van der Waals surface area (Å²) in [6, 6.07) is 6.05. The van der Waals surface area contributed by atoms with Crippen molar-refractivity contribution in [3.63, 3.8) is 0 Å². The van der Waals surface area contributed by atoms with Gasteiger partial charge in [-0.25, -0.2) is 4.39 Å². The molecule has 1 aliphatic rings. The zero-order chi connectivity index (χ0) is 13.8. The SMILES string of the molecule is Cc1cc(F)cc(C2CCCCC2CNC(C)C)c1. The summed E-state index contributed by atoms with van der Waals surface area (Å²) >= 11 is 0. The zero-order valence-corrected chi connectivity index (χ0v) is 12.4. The van der Waals surface area contributed by atoms with Crippen LogP contribution in [0.2, 0.25) is 0 Å². The highest BCUT2D eigenvalue weighted by molar-refractivity contribution is 5.27. The predicted molar refractivity (Wildman–Crippen MR) is 79.0 cm³/mol. The van der Waals surface area contributed by atoms with E-state index in [1.54, 1.807) is 12.1 Å². The highest BCUT2D eigenvalue weighted by Gasteiger charge is 2.26. The summed E-state index contributed by atoms with van der Waals surface area (Å²) in [5.74, 6) is 1.09. The summed E-state index contributed by atoms with van der Waals surface area (Å²) in [4.78, 5) is 0. The lowest BCUT2D eigenvalue weighted by Crippen LogP contribution is -2.33. The maximum Gasteiger partial charge on any atom is 0.123 e. The second-order valence-electron chi connectivity index (χ2n) is 6.28. The molecule has 0 spiro atoms. The van der Waals surface area contributed by atoms with E-state index in [1.807, 2.05) is 6.92 Å². The molecule has 1 nitrogen and oxygen atoms in total. The highest BCUT2D eigenvalue weighted by Crippen LogP contribution is 2.38. The first kappa shape index (κ1) is 14.5. The molecule has 0 amide bonds. The lowest BCUT2D eigenvalue weighted by atomic mass is 9.75. The van der Waals surface area contributed by atoms with E-state index in [0.29, 0.717) is 17.9 Å². The van der Waals surface area contributed by atoms with Crippen LogP contribution in [-0.2, 0) is 0 Å². The van der Waals surface area contributed by atoms with E-state index in [0.717, 1.165) is 12.1 Å². The molecule has 1 fully saturated rings. The molecule has 1 aliphatic carbocycles. The Bertz CT molecular complexity index is 393. The molecule has 19 heavy (non-hydrogen) atoms. The van der Waals surface area contributed by atoms with E-state index < -0.39 is 0 Å². The fourth-order valence-electron chi connectivity index (χ4n) is 3.26. The predicted octanol–water partition coefficient (Wildman–Crippen LogP) is 4.41. The lowest BCUT2D eigenvalue weighted by Gasteiger charge is -2.33. The number of nitrogens with one attached hydrogen (secondary N) is 1. The Balaban J connectivity index is 2.13. The van der Waals surface area contributed by atoms with Crippen LogP contribution in [0.4, 0.5) is 4.39 Å². The van der Waals surface area contributed by atoms with Gasteiger partial charge in [-0.1, -0.05) is 32.8 Å². The summed E-state index contributed by atoms with van der Waals surface area (Å²) in [5.41, 5.74) is 2.24. The van der Waals surface area contributed by atoms with Crippen LogP contribution >= 0.6 is 0 Å². The second-order valence-corrected chi connectivity index (χ2v) is 6.28. The number of hydrogen-bond acceptors (Lipinski definition) is 1. The smallest absolute Gasteiger partial charge is 0.123 e. The van der Waals surface area contributed by atoms with Crippen molar-refractivity contribution >= 4 is 0 Å². The van der Waals surface area contributed by atoms with Gasteiger partial charge in [-0.05, 0) is 61.4 Å². The Labute approximate surface area is 116 Å². The van der Waals surface area contributed by atoms with Crippen molar-refractivity contribution in [2.45, 2.75) is 58.4 Å². The Hall–Kier alpha value is -0.890. The van der Waals surface area contributed by atoms with E-state index in [1.165, 1.54) is 31.2 Å². The largest absolute Gasteiger partial charge is 0.314 e. The fraction of sp³-hybridized carbons (Fsp3) is 0.647. The van der Waals surface area contributed by atoms with Crippen LogP contribution in [0.15, 0.2) is 18.2 Å². The molecule has 0 aliphatic heterocycles. The minimum absolute atomic E-state index is 0.0869. The monoisotopic (exact) mass is 263 g/mol. The van der Waals surface area contributed by atoms with Gasteiger partial charge in [-0.3, -0.25) is 0 Å². The molecular weight excluding hydrogens is 237 g/mol. The molecule has 0 radical (unpaired) electrons. The van der Waals surface area contributed by atoms with Crippen LogP contribution in [0.1, 0.15) is 56.6 Å². The first-order chi connectivity index (χ1) is 9.06. The molecule has 106 valence electrons. The van der Waals surface area contributed by atoms with Gasteiger partial charge in [0, 0.05) is 6.04 Å². The van der Waals surface area contributed by atoms with Crippen LogP contribution in [-0.4, -0.2) is 12.6 Å². The maximum atomic E-state index is 13.6. The van der Waals surface area contributed by atoms with Crippen LogP contribution in [0.3, 0.4) is 0 Å². The molecule has 0 aromatic heterocycles. The van der Waals surface area contributed by atoms with Crippen LogP contribution in [0.5, 0.6) is 0 Å². The van der Waals surface area contributed by atoms with Crippen molar-refractivity contribution in [2.24, 2.45) is 5.92 Å². The molecule has 1 saturated carbocycles. The molecule has 2 unspecified atom stereocenters. The number of hydrogen-bond donors (Lipinski definition) is 1. The molecular formula is C17H26FN. The van der Waals surface area contributed by atoms with Gasteiger partial charge in [0.25, 0.3) is 0 Å². The van der Waals surface area contributed by atoms with Gasteiger partial charge in [0.05, 0.1) is 0 Å². The molecule has 0 saturated heterocycles. The molecule has 0 heterocycles. The lowest BCUT2D eigenvalue weighted by molar-refractivity contribution is 0.289. The molecule has 2 atom stereocenters. The van der Waals surface area contributed by atoms with E-state index >= 15 is 0 Å². The number of aryl methyl sites for hydroxylation is 1. The third-order valence-electron chi connectivity index (χ3n) is 4.19. The summed E-state index contributed by atoms with van der Waals surface area (Å²) in [6.07, 6.45) is 5.06. The van der Waals surface area contributed by atoms with Crippen molar-refractivity contribution in [1.29, 1.82) is 0 Å². The molecule has 2 heteroatoms. The van der Waals surface area contributed by atoms with Crippen molar-refractivity contribution < 1.29 is 4.39 Å². The van der Waals surface area contributed by atoms with Gasteiger partial charge < -0.3 is 5.32 Å². The Kier molecular flexibility index (Phi) is 4.98. The third-order valence-corrected chi connectivity index (χ3v) is 4.19. The van der Waals surface area contributed by atoms with E-state index in [2.05, 4.69) is 25.2 Å².